The number of hydrogen-bond donors (Lipinski definition) is 2. The van der Waals surface area contributed by atoms with Crippen LogP contribution in [0.4, 0.5) is 4.79 Å². The van der Waals surface area contributed by atoms with Gasteiger partial charge >= 0.3 is 6.03 Å². The summed E-state index contributed by atoms with van der Waals surface area (Å²) in [6.45, 7) is 4.73. The molecule has 0 bridgehead atoms. The maximum Gasteiger partial charge on any atom is 0.317 e. The summed E-state index contributed by atoms with van der Waals surface area (Å²) in [5, 5.41) is 2.89. The number of rotatable bonds is 7. The average Bonchev–Trinajstić information content (AvgIpc) is 3.04. The summed E-state index contributed by atoms with van der Waals surface area (Å²) in [5.74, 6) is -0.326. The quantitative estimate of drug-likeness (QED) is 0.796. The van der Waals surface area contributed by atoms with Gasteiger partial charge in [-0.15, -0.1) is 0 Å². The molecule has 0 aliphatic carbocycles. The second kappa shape index (κ2) is 8.53. The van der Waals surface area contributed by atoms with Gasteiger partial charge in [0.1, 0.15) is 0 Å². The fourth-order valence-electron chi connectivity index (χ4n) is 2.56. The molecule has 0 aromatic heterocycles. The number of benzene rings is 1. The molecule has 0 unspecified atom stereocenters. The number of nitrogens with one attached hydrogen (secondary N) is 1. The molecule has 0 saturated carbocycles. The number of nitrogens with two attached hydrogens (primary N) is 1. The zero-order valence-electron chi connectivity index (χ0n) is 13.5. The molecule has 3 N–H and O–H groups in total. The third-order valence-electron chi connectivity index (χ3n) is 3.99. The van der Waals surface area contributed by atoms with Gasteiger partial charge in [-0.1, -0.05) is 37.3 Å². The van der Waals surface area contributed by atoms with Crippen molar-refractivity contribution in [1.29, 1.82) is 0 Å². The highest BCUT2D eigenvalue weighted by molar-refractivity contribution is 5.80. The first-order valence-corrected chi connectivity index (χ1v) is 8.00. The van der Waals surface area contributed by atoms with Crippen LogP contribution in [-0.2, 0) is 16.1 Å². The van der Waals surface area contributed by atoms with Crippen LogP contribution in [0.1, 0.15) is 18.9 Å². The van der Waals surface area contributed by atoms with Crippen LogP contribution in [0.5, 0.6) is 0 Å². The van der Waals surface area contributed by atoms with E-state index in [9.17, 15) is 9.59 Å². The molecule has 1 aliphatic heterocycles. The van der Waals surface area contributed by atoms with E-state index in [-0.39, 0.29) is 23.8 Å². The van der Waals surface area contributed by atoms with Crippen molar-refractivity contribution in [2.24, 2.45) is 17.6 Å². The van der Waals surface area contributed by atoms with E-state index in [1.165, 1.54) is 0 Å². The maximum absolute atomic E-state index is 12.0. The van der Waals surface area contributed by atoms with E-state index in [0.717, 1.165) is 5.56 Å². The van der Waals surface area contributed by atoms with Crippen molar-refractivity contribution in [3.63, 3.8) is 0 Å². The molecule has 1 heterocycles. The summed E-state index contributed by atoms with van der Waals surface area (Å²) in [6.07, 6.45) is 0.651. The molecule has 6 heteroatoms. The number of primary amides is 1. The van der Waals surface area contributed by atoms with Crippen molar-refractivity contribution in [2.45, 2.75) is 20.0 Å². The molecule has 2 rings (SSSR count). The number of amides is 3. The molecule has 6 nitrogen and oxygen atoms in total. The predicted octanol–water partition coefficient (Wildman–Crippen LogP) is 1.36. The Hall–Kier alpha value is -2.08. The second-order valence-electron chi connectivity index (χ2n) is 6.13. The molecule has 0 radical (unpaired) electrons. The van der Waals surface area contributed by atoms with E-state index in [1.807, 2.05) is 37.3 Å². The van der Waals surface area contributed by atoms with Crippen LogP contribution in [0.2, 0.25) is 0 Å². The highest BCUT2D eigenvalue weighted by Crippen LogP contribution is 2.15. The third kappa shape index (κ3) is 5.56. The van der Waals surface area contributed by atoms with Crippen LogP contribution in [-0.4, -0.2) is 43.1 Å². The second-order valence-corrected chi connectivity index (χ2v) is 6.13. The Morgan fingerprint density at radius 1 is 1.39 bits per heavy atom. The number of ether oxygens (including phenoxy) is 1. The van der Waals surface area contributed by atoms with Crippen LogP contribution in [0.3, 0.4) is 0 Å². The molecule has 3 amide bonds. The summed E-state index contributed by atoms with van der Waals surface area (Å²) in [7, 11) is 0. The highest BCUT2D eigenvalue weighted by atomic mass is 16.5. The molecule has 0 spiro atoms. The minimum Gasteiger partial charge on any atom is -0.376 e. The van der Waals surface area contributed by atoms with Gasteiger partial charge in [-0.25, -0.2) is 4.79 Å². The van der Waals surface area contributed by atoms with Crippen molar-refractivity contribution < 1.29 is 14.3 Å². The molecule has 2 atom stereocenters. The highest BCUT2D eigenvalue weighted by Gasteiger charge is 2.29. The van der Waals surface area contributed by atoms with Crippen LogP contribution < -0.4 is 11.1 Å². The van der Waals surface area contributed by atoms with Crippen LogP contribution in [0.15, 0.2) is 30.3 Å². The fraction of sp³-hybridized carbons (Fsp3) is 0.529. The van der Waals surface area contributed by atoms with Gasteiger partial charge in [0.05, 0.1) is 19.1 Å². The summed E-state index contributed by atoms with van der Waals surface area (Å²) in [6, 6.07) is 9.85. The lowest BCUT2D eigenvalue weighted by atomic mass is 10.1. The number of carbonyl (C=O) groups excluding carboxylic acids is 2. The largest absolute Gasteiger partial charge is 0.376 e. The van der Waals surface area contributed by atoms with Gasteiger partial charge in [0.2, 0.25) is 5.91 Å². The molecular weight excluding hydrogens is 294 g/mol. The van der Waals surface area contributed by atoms with Crippen LogP contribution in [0, 0.1) is 11.8 Å². The Morgan fingerprint density at radius 2 is 2.13 bits per heavy atom. The first-order valence-electron chi connectivity index (χ1n) is 8.00. The van der Waals surface area contributed by atoms with Crippen molar-refractivity contribution in [3.05, 3.63) is 35.9 Å². The molecule has 23 heavy (non-hydrogen) atoms. The molecule has 1 aromatic carbocycles. The number of nitrogens with zero attached hydrogens (tertiary/aromatic N) is 1. The van der Waals surface area contributed by atoms with Gasteiger partial charge in [0, 0.05) is 19.6 Å². The Morgan fingerprint density at radius 3 is 2.78 bits per heavy atom. The van der Waals surface area contributed by atoms with E-state index >= 15 is 0 Å². The lowest BCUT2D eigenvalue weighted by molar-refractivity contribution is -0.121. The smallest absolute Gasteiger partial charge is 0.317 e. The zero-order valence-corrected chi connectivity index (χ0v) is 13.5. The standard InChI is InChI=1S/C17H25N3O3/c1-13(11-23-12-14-5-3-2-4-6-14)9-19-17(22)20-8-7-15(10-20)16(18)21/h2-6,13,15H,7-12H2,1H3,(H2,18,21)(H,19,22)/t13-,15+/m1/s1. The van der Waals surface area contributed by atoms with E-state index in [1.54, 1.807) is 4.90 Å². The number of hydrogen-bond acceptors (Lipinski definition) is 3. The average molecular weight is 319 g/mol. The van der Waals surface area contributed by atoms with Crippen molar-refractivity contribution in [1.82, 2.24) is 10.2 Å². The first-order chi connectivity index (χ1) is 11.1. The number of carbonyl (C=O) groups is 2. The number of urea groups is 1. The van der Waals surface area contributed by atoms with Crippen LogP contribution in [0.25, 0.3) is 0 Å². The molecule has 1 aromatic rings. The summed E-state index contributed by atoms with van der Waals surface area (Å²) in [4.78, 5) is 24.8. The number of likely N-dealkylation sites (tertiary alicyclic amines) is 1. The van der Waals surface area contributed by atoms with Gasteiger partial charge in [0.15, 0.2) is 0 Å². The predicted molar refractivity (Wildman–Crippen MR) is 87.5 cm³/mol. The minimum atomic E-state index is -0.331. The molecule has 1 saturated heterocycles. The molecular formula is C17H25N3O3. The minimum absolute atomic E-state index is 0.136. The fourth-order valence-corrected chi connectivity index (χ4v) is 2.56. The maximum atomic E-state index is 12.0. The monoisotopic (exact) mass is 319 g/mol. The Kier molecular flexibility index (Phi) is 6.40. The Balaban J connectivity index is 1.61. The van der Waals surface area contributed by atoms with Crippen molar-refractivity contribution in [2.75, 3.05) is 26.2 Å². The molecule has 1 fully saturated rings. The van der Waals surface area contributed by atoms with Crippen molar-refractivity contribution >= 4 is 11.9 Å². The summed E-state index contributed by atoms with van der Waals surface area (Å²) < 4.78 is 5.66. The Bertz CT molecular complexity index is 521. The van der Waals surface area contributed by atoms with Gasteiger partial charge in [-0.05, 0) is 17.9 Å². The normalized spacial score (nSPS) is 18.7. The SMILES string of the molecule is C[C@H](CNC(=O)N1CC[C@H](C(N)=O)C1)COCc1ccccc1. The zero-order chi connectivity index (χ0) is 16.7. The molecule has 126 valence electrons. The lowest BCUT2D eigenvalue weighted by Crippen LogP contribution is -2.41. The van der Waals surface area contributed by atoms with E-state index in [0.29, 0.717) is 39.3 Å². The molecule has 1 aliphatic rings. The van der Waals surface area contributed by atoms with E-state index in [2.05, 4.69) is 5.32 Å². The van der Waals surface area contributed by atoms with Gasteiger partial charge in [0.25, 0.3) is 0 Å². The Labute approximate surface area is 137 Å². The summed E-state index contributed by atoms with van der Waals surface area (Å²) in [5.41, 5.74) is 6.41. The van der Waals surface area contributed by atoms with Crippen LogP contribution >= 0.6 is 0 Å². The van der Waals surface area contributed by atoms with Gasteiger partial charge in [-0.3, -0.25) is 4.79 Å². The lowest BCUT2D eigenvalue weighted by Gasteiger charge is -2.19. The van der Waals surface area contributed by atoms with E-state index in [4.69, 9.17) is 10.5 Å². The summed E-state index contributed by atoms with van der Waals surface area (Å²) >= 11 is 0. The van der Waals surface area contributed by atoms with E-state index < -0.39 is 0 Å². The van der Waals surface area contributed by atoms with Gasteiger partial charge < -0.3 is 20.7 Å². The third-order valence-corrected chi connectivity index (χ3v) is 3.99. The van der Waals surface area contributed by atoms with Crippen molar-refractivity contribution in [3.8, 4) is 0 Å². The van der Waals surface area contributed by atoms with Gasteiger partial charge in [-0.2, -0.15) is 0 Å². The topological polar surface area (TPSA) is 84.7 Å². The first kappa shape index (κ1) is 17.3.